The third-order valence-corrected chi connectivity index (χ3v) is 7.66. The normalized spacial score (nSPS) is 11.2. The number of ether oxygens (including phenoxy) is 2. The van der Waals surface area contributed by atoms with Crippen molar-refractivity contribution in [1.29, 1.82) is 0 Å². The molecular weight excluding hydrogens is 582 g/mol. The zero-order valence-electron chi connectivity index (χ0n) is 20.1. The highest BCUT2D eigenvalue weighted by molar-refractivity contribution is 9.10. The molecule has 3 rings (SSSR count). The van der Waals surface area contributed by atoms with Crippen molar-refractivity contribution in [2.45, 2.75) is 11.8 Å². The molecule has 0 radical (unpaired) electrons. The molecule has 0 aliphatic heterocycles. The Labute approximate surface area is 229 Å². The number of carbonyl (C=O) groups excluding carboxylic acids is 1. The van der Waals surface area contributed by atoms with E-state index in [0.29, 0.717) is 44.4 Å². The van der Waals surface area contributed by atoms with Crippen molar-refractivity contribution in [1.82, 2.24) is 5.43 Å². The monoisotopic (exact) mass is 605 g/mol. The number of halogens is 2. The van der Waals surface area contributed by atoms with E-state index in [1.54, 1.807) is 55.5 Å². The van der Waals surface area contributed by atoms with Crippen molar-refractivity contribution < 1.29 is 22.7 Å². The number of hydrazone groups is 1. The maximum Gasteiger partial charge on any atom is 0.264 e. The maximum atomic E-state index is 13.5. The van der Waals surface area contributed by atoms with Crippen molar-refractivity contribution in [2.24, 2.45) is 5.10 Å². The van der Waals surface area contributed by atoms with Crippen molar-refractivity contribution in [3.05, 3.63) is 93.9 Å². The fourth-order valence-corrected chi connectivity index (χ4v) is 5.55. The minimum atomic E-state index is -4.07. The lowest BCUT2D eigenvalue weighted by Gasteiger charge is -2.25. The minimum absolute atomic E-state index is 0.0429. The van der Waals surface area contributed by atoms with Crippen LogP contribution in [0.25, 0.3) is 0 Å². The summed E-state index contributed by atoms with van der Waals surface area (Å²) in [4.78, 5) is 12.9. The van der Waals surface area contributed by atoms with E-state index in [-0.39, 0.29) is 4.90 Å². The van der Waals surface area contributed by atoms with E-state index in [2.05, 4.69) is 33.0 Å². The first-order chi connectivity index (χ1) is 17.7. The van der Waals surface area contributed by atoms with Gasteiger partial charge in [-0.05, 0) is 70.4 Å². The molecule has 3 aromatic carbocycles. The van der Waals surface area contributed by atoms with E-state index in [0.717, 1.165) is 4.31 Å². The van der Waals surface area contributed by atoms with Crippen LogP contribution in [0, 0.1) is 6.92 Å². The van der Waals surface area contributed by atoms with Gasteiger partial charge in [-0.25, -0.2) is 13.8 Å². The van der Waals surface area contributed by atoms with Gasteiger partial charge in [-0.2, -0.15) is 5.10 Å². The van der Waals surface area contributed by atoms with Gasteiger partial charge in [-0.1, -0.05) is 48.5 Å². The predicted molar refractivity (Wildman–Crippen MR) is 149 cm³/mol. The highest BCUT2D eigenvalue weighted by Gasteiger charge is 2.28. The number of amides is 1. The Morgan fingerprint density at radius 3 is 2.59 bits per heavy atom. The number of aryl methyl sites for hydroxylation is 1. The summed E-state index contributed by atoms with van der Waals surface area (Å²) in [6.07, 6.45) is 3.02. The molecule has 0 aliphatic rings. The summed E-state index contributed by atoms with van der Waals surface area (Å²) in [5.41, 5.74) is 3.92. The number of nitrogens with zero attached hydrogens (tertiary/aromatic N) is 2. The van der Waals surface area contributed by atoms with Crippen LogP contribution >= 0.6 is 27.5 Å². The highest BCUT2D eigenvalue weighted by atomic mass is 79.9. The summed E-state index contributed by atoms with van der Waals surface area (Å²) in [7, 11) is -2.57. The van der Waals surface area contributed by atoms with Gasteiger partial charge in [0, 0.05) is 5.02 Å². The van der Waals surface area contributed by atoms with Crippen molar-refractivity contribution in [2.75, 3.05) is 24.6 Å². The van der Waals surface area contributed by atoms with E-state index < -0.39 is 22.5 Å². The SMILES string of the molecule is C=CCOc1c(Br)cc(/C=N\NC(=O)CN(c2cc(Cl)ccc2C)S(=O)(=O)c2ccccc2)cc1OC. The Morgan fingerprint density at radius 2 is 1.92 bits per heavy atom. The molecule has 1 amide bonds. The van der Waals surface area contributed by atoms with Gasteiger partial charge in [0.2, 0.25) is 0 Å². The Kier molecular flexibility index (Phi) is 9.73. The van der Waals surface area contributed by atoms with E-state index in [1.807, 2.05) is 0 Å². The van der Waals surface area contributed by atoms with Crippen molar-refractivity contribution in [3.63, 3.8) is 0 Å². The fourth-order valence-electron chi connectivity index (χ4n) is 3.31. The third kappa shape index (κ3) is 7.12. The number of anilines is 1. The molecule has 0 saturated heterocycles. The molecule has 3 aromatic rings. The van der Waals surface area contributed by atoms with Crippen LogP contribution in [0.4, 0.5) is 5.69 Å². The Morgan fingerprint density at radius 1 is 1.19 bits per heavy atom. The van der Waals surface area contributed by atoms with Crippen LogP contribution in [0.5, 0.6) is 11.5 Å². The second kappa shape index (κ2) is 12.8. The number of nitrogens with one attached hydrogen (secondary N) is 1. The van der Waals surface area contributed by atoms with Gasteiger partial charge in [0.05, 0.1) is 28.4 Å². The first-order valence-corrected chi connectivity index (χ1v) is 13.6. The molecule has 0 aromatic heterocycles. The summed E-state index contributed by atoms with van der Waals surface area (Å²) >= 11 is 9.58. The molecule has 0 heterocycles. The number of methoxy groups -OCH3 is 1. The molecule has 0 fully saturated rings. The lowest BCUT2D eigenvalue weighted by atomic mass is 10.2. The molecule has 0 bridgehead atoms. The Bertz CT molecular complexity index is 1420. The third-order valence-electron chi connectivity index (χ3n) is 5.06. The van der Waals surface area contributed by atoms with Crippen LogP contribution in [0.3, 0.4) is 0 Å². The van der Waals surface area contributed by atoms with Crippen LogP contribution in [-0.2, 0) is 14.8 Å². The lowest BCUT2D eigenvalue weighted by molar-refractivity contribution is -0.119. The molecule has 8 nitrogen and oxygen atoms in total. The summed E-state index contributed by atoms with van der Waals surface area (Å²) < 4.78 is 39.5. The number of rotatable bonds is 11. The number of carbonyl (C=O) groups is 1. The van der Waals surface area contributed by atoms with Crippen LogP contribution < -0.4 is 19.2 Å². The smallest absolute Gasteiger partial charge is 0.264 e. The molecule has 0 unspecified atom stereocenters. The molecule has 0 aliphatic carbocycles. The quantitative estimate of drug-likeness (QED) is 0.181. The number of hydrogen-bond acceptors (Lipinski definition) is 6. The average Bonchev–Trinajstić information content (AvgIpc) is 2.88. The van der Waals surface area contributed by atoms with E-state index in [4.69, 9.17) is 21.1 Å². The maximum absolute atomic E-state index is 13.5. The summed E-state index contributed by atoms with van der Waals surface area (Å²) in [5.74, 6) is 0.315. The second-order valence-corrected chi connectivity index (χ2v) is 10.8. The molecule has 0 atom stereocenters. The number of sulfonamides is 1. The van der Waals surface area contributed by atoms with Gasteiger partial charge in [0.25, 0.3) is 15.9 Å². The first kappa shape index (κ1) is 28.2. The van der Waals surface area contributed by atoms with Crippen LogP contribution in [0.1, 0.15) is 11.1 Å². The van der Waals surface area contributed by atoms with Crippen LogP contribution in [0.15, 0.2) is 87.8 Å². The van der Waals surface area contributed by atoms with Crippen LogP contribution in [0.2, 0.25) is 5.02 Å². The number of benzene rings is 3. The molecule has 11 heteroatoms. The van der Waals surface area contributed by atoms with Crippen molar-refractivity contribution >= 4 is 55.4 Å². The highest BCUT2D eigenvalue weighted by Crippen LogP contribution is 2.36. The predicted octanol–water partition coefficient (Wildman–Crippen LogP) is 5.33. The average molecular weight is 607 g/mol. The molecule has 194 valence electrons. The van der Waals surface area contributed by atoms with E-state index in [1.165, 1.54) is 31.5 Å². The fraction of sp³-hybridized carbons (Fsp3) is 0.154. The van der Waals surface area contributed by atoms with Gasteiger partial charge in [0.15, 0.2) is 11.5 Å². The summed E-state index contributed by atoms with van der Waals surface area (Å²) in [5, 5.41) is 4.33. The summed E-state index contributed by atoms with van der Waals surface area (Å²) in [6.45, 7) is 5.15. The molecule has 37 heavy (non-hydrogen) atoms. The topological polar surface area (TPSA) is 97.3 Å². The summed E-state index contributed by atoms with van der Waals surface area (Å²) in [6, 6.07) is 16.1. The lowest BCUT2D eigenvalue weighted by Crippen LogP contribution is -2.40. The largest absolute Gasteiger partial charge is 0.493 e. The van der Waals surface area contributed by atoms with E-state index in [9.17, 15) is 13.2 Å². The number of hydrogen-bond donors (Lipinski definition) is 1. The second-order valence-electron chi connectivity index (χ2n) is 7.68. The van der Waals surface area contributed by atoms with Gasteiger partial charge < -0.3 is 9.47 Å². The standard InChI is InChI=1S/C26H25BrClN3O5S/c1-4-12-36-26-22(27)13-19(14-24(26)35-3)16-29-30-25(32)17-31(23-15-20(28)11-10-18(23)2)37(33,34)21-8-6-5-7-9-21/h4-11,13-16H,1,12,17H2,2-3H3,(H,30,32)/b29-16-. The van der Waals surface area contributed by atoms with Crippen molar-refractivity contribution in [3.8, 4) is 11.5 Å². The molecule has 0 spiro atoms. The van der Waals surface area contributed by atoms with Gasteiger partial charge in [0.1, 0.15) is 13.2 Å². The Hall–Kier alpha value is -3.34. The van der Waals surface area contributed by atoms with Gasteiger partial charge in [-0.15, -0.1) is 0 Å². The van der Waals surface area contributed by atoms with Gasteiger partial charge in [-0.3, -0.25) is 9.10 Å². The first-order valence-electron chi connectivity index (χ1n) is 10.9. The zero-order valence-corrected chi connectivity index (χ0v) is 23.3. The zero-order chi connectivity index (χ0) is 27.0. The molecular formula is C26H25BrClN3O5S. The Balaban J connectivity index is 1.84. The minimum Gasteiger partial charge on any atom is -0.493 e. The van der Waals surface area contributed by atoms with E-state index >= 15 is 0 Å². The molecule has 1 N–H and O–H groups in total. The van der Waals surface area contributed by atoms with Gasteiger partial charge >= 0.3 is 0 Å². The van der Waals surface area contributed by atoms with Crippen LogP contribution in [-0.4, -0.2) is 40.8 Å². The molecule has 0 saturated carbocycles.